The van der Waals surface area contributed by atoms with Crippen molar-refractivity contribution in [1.29, 1.82) is 0 Å². The molecule has 1 rings (SSSR count). The van der Waals surface area contributed by atoms with Crippen molar-refractivity contribution in [2.45, 2.75) is 32.1 Å². The third-order valence-electron chi connectivity index (χ3n) is 2.00. The predicted molar refractivity (Wildman–Crippen MR) is 52.8 cm³/mol. The molecule has 1 aromatic rings. The van der Waals surface area contributed by atoms with Crippen LogP contribution in [-0.4, -0.2) is 5.38 Å². The van der Waals surface area contributed by atoms with E-state index in [4.69, 9.17) is 11.6 Å². The quantitative estimate of drug-likeness (QED) is 0.620. The summed E-state index contributed by atoms with van der Waals surface area (Å²) in [7, 11) is 0. The Morgan fingerprint density at radius 3 is 2.45 bits per heavy atom. The molecule has 0 nitrogen and oxygen atoms in total. The van der Waals surface area contributed by atoms with Crippen molar-refractivity contribution in [2.75, 3.05) is 0 Å². The Labute approximate surface area is 77.2 Å². The second kappa shape index (κ2) is 3.59. The minimum absolute atomic E-state index is 0.229. The second-order valence-corrected chi connectivity index (χ2v) is 4.57. The second-order valence-electron chi connectivity index (χ2n) is 2.93. The number of aryl methyl sites for hydroxylation is 1. The van der Waals surface area contributed by atoms with E-state index in [-0.39, 0.29) is 5.38 Å². The number of rotatable bonds is 2. The van der Waals surface area contributed by atoms with Crippen molar-refractivity contribution < 1.29 is 0 Å². The Hall–Kier alpha value is -0.0100. The first kappa shape index (κ1) is 9.08. The molecule has 0 spiro atoms. The zero-order valence-electron chi connectivity index (χ0n) is 7.10. The molecule has 2 heteroatoms. The molecule has 1 aromatic heterocycles. The van der Waals surface area contributed by atoms with Gasteiger partial charge in [-0.1, -0.05) is 6.92 Å². The van der Waals surface area contributed by atoms with Crippen LogP contribution in [-0.2, 0) is 0 Å². The van der Waals surface area contributed by atoms with Crippen molar-refractivity contribution >= 4 is 22.9 Å². The fourth-order valence-corrected chi connectivity index (χ4v) is 2.35. The lowest BCUT2D eigenvalue weighted by atomic mass is 10.0. The third-order valence-corrected chi connectivity index (χ3v) is 3.60. The smallest absolute Gasteiger partial charge is 0.0381 e. The number of halogens is 1. The van der Waals surface area contributed by atoms with Gasteiger partial charge in [0.2, 0.25) is 0 Å². The molecule has 11 heavy (non-hydrogen) atoms. The SMILES string of the molecule is Cc1ccsc1C(C)C(C)Cl. The van der Waals surface area contributed by atoms with Crippen LogP contribution in [0.1, 0.15) is 30.2 Å². The molecule has 0 aliphatic carbocycles. The van der Waals surface area contributed by atoms with Crippen molar-refractivity contribution in [2.24, 2.45) is 0 Å². The van der Waals surface area contributed by atoms with E-state index < -0.39 is 0 Å². The first-order valence-electron chi connectivity index (χ1n) is 3.81. The van der Waals surface area contributed by atoms with Gasteiger partial charge in [-0.15, -0.1) is 22.9 Å². The summed E-state index contributed by atoms with van der Waals surface area (Å²) < 4.78 is 0. The van der Waals surface area contributed by atoms with Crippen LogP contribution in [0.5, 0.6) is 0 Å². The summed E-state index contributed by atoms with van der Waals surface area (Å²) in [5, 5.41) is 2.35. The Kier molecular flexibility index (Phi) is 2.97. The van der Waals surface area contributed by atoms with Gasteiger partial charge in [0.05, 0.1) is 0 Å². The molecule has 0 bridgehead atoms. The Morgan fingerprint density at radius 1 is 1.45 bits per heavy atom. The van der Waals surface area contributed by atoms with Gasteiger partial charge in [0.1, 0.15) is 0 Å². The lowest BCUT2D eigenvalue weighted by Gasteiger charge is -2.12. The zero-order chi connectivity index (χ0) is 8.43. The van der Waals surface area contributed by atoms with Gasteiger partial charge < -0.3 is 0 Å². The van der Waals surface area contributed by atoms with Crippen molar-refractivity contribution in [3.8, 4) is 0 Å². The molecule has 0 fully saturated rings. The van der Waals surface area contributed by atoms with E-state index in [9.17, 15) is 0 Å². The van der Waals surface area contributed by atoms with Gasteiger partial charge >= 0.3 is 0 Å². The molecule has 2 atom stereocenters. The van der Waals surface area contributed by atoms with E-state index >= 15 is 0 Å². The summed E-state index contributed by atoms with van der Waals surface area (Å²) in [5.41, 5.74) is 1.37. The van der Waals surface area contributed by atoms with Gasteiger partial charge in [-0.2, -0.15) is 0 Å². The highest BCUT2D eigenvalue weighted by atomic mass is 35.5. The van der Waals surface area contributed by atoms with Crippen molar-refractivity contribution in [3.05, 3.63) is 21.9 Å². The third kappa shape index (κ3) is 1.97. The number of alkyl halides is 1. The molecular formula is C9H13ClS. The van der Waals surface area contributed by atoms with Crippen LogP contribution < -0.4 is 0 Å². The maximum atomic E-state index is 6.00. The highest BCUT2D eigenvalue weighted by molar-refractivity contribution is 7.10. The molecule has 0 radical (unpaired) electrons. The summed E-state index contributed by atoms with van der Waals surface area (Å²) >= 11 is 7.80. The summed E-state index contributed by atoms with van der Waals surface area (Å²) in [6, 6.07) is 2.15. The predicted octanol–water partition coefficient (Wildman–Crippen LogP) is 3.79. The summed E-state index contributed by atoms with van der Waals surface area (Å²) in [6.45, 7) is 6.36. The summed E-state index contributed by atoms with van der Waals surface area (Å²) in [4.78, 5) is 1.42. The van der Waals surface area contributed by atoms with Crippen LogP contribution in [0.2, 0.25) is 0 Å². The fraction of sp³-hybridized carbons (Fsp3) is 0.556. The number of thiophene rings is 1. The lowest BCUT2D eigenvalue weighted by Crippen LogP contribution is -2.03. The van der Waals surface area contributed by atoms with Crippen LogP contribution in [0.25, 0.3) is 0 Å². The molecule has 0 aliphatic heterocycles. The highest BCUT2D eigenvalue weighted by Gasteiger charge is 2.14. The maximum Gasteiger partial charge on any atom is 0.0381 e. The fourth-order valence-electron chi connectivity index (χ4n) is 1.06. The van der Waals surface area contributed by atoms with Crippen molar-refractivity contribution in [3.63, 3.8) is 0 Å². The molecule has 0 N–H and O–H groups in total. The average molecular weight is 189 g/mol. The Morgan fingerprint density at radius 2 is 2.09 bits per heavy atom. The molecule has 0 aliphatic rings. The van der Waals surface area contributed by atoms with Gasteiger partial charge in [0, 0.05) is 16.2 Å². The van der Waals surface area contributed by atoms with E-state index in [1.807, 2.05) is 6.92 Å². The number of hydrogen-bond donors (Lipinski definition) is 0. The molecule has 0 amide bonds. The maximum absolute atomic E-state index is 6.00. The van der Waals surface area contributed by atoms with E-state index in [0.717, 1.165) is 0 Å². The van der Waals surface area contributed by atoms with Crippen LogP contribution >= 0.6 is 22.9 Å². The van der Waals surface area contributed by atoms with Crippen LogP contribution in [0, 0.1) is 6.92 Å². The lowest BCUT2D eigenvalue weighted by molar-refractivity contribution is 0.752. The topological polar surface area (TPSA) is 0 Å². The largest absolute Gasteiger partial charge is 0.148 e. The average Bonchev–Trinajstić information content (AvgIpc) is 2.33. The van der Waals surface area contributed by atoms with Gasteiger partial charge in [0.15, 0.2) is 0 Å². The molecule has 62 valence electrons. The monoisotopic (exact) mass is 188 g/mol. The van der Waals surface area contributed by atoms with Crippen molar-refractivity contribution in [1.82, 2.24) is 0 Å². The minimum Gasteiger partial charge on any atom is -0.148 e. The molecule has 0 saturated carbocycles. The molecule has 1 heterocycles. The highest BCUT2D eigenvalue weighted by Crippen LogP contribution is 2.29. The zero-order valence-corrected chi connectivity index (χ0v) is 8.67. The van der Waals surface area contributed by atoms with Gasteiger partial charge in [-0.3, -0.25) is 0 Å². The van der Waals surface area contributed by atoms with Crippen LogP contribution in [0.3, 0.4) is 0 Å². The number of hydrogen-bond acceptors (Lipinski definition) is 1. The van der Waals surface area contributed by atoms with Gasteiger partial charge in [0.25, 0.3) is 0 Å². The van der Waals surface area contributed by atoms with Gasteiger partial charge in [-0.05, 0) is 30.9 Å². The molecule has 0 saturated heterocycles. The van der Waals surface area contributed by atoms with E-state index in [2.05, 4.69) is 25.3 Å². The normalized spacial score (nSPS) is 16.4. The Bertz CT molecular complexity index is 227. The van der Waals surface area contributed by atoms with Gasteiger partial charge in [-0.25, -0.2) is 0 Å². The standard InChI is InChI=1S/C9H13ClS/c1-6-4-5-11-9(6)7(2)8(3)10/h4-5,7-8H,1-3H3. The van der Waals surface area contributed by atoms with Crippen LogP contribution in [0.15, 0.2) is 11.4 Å². The van der Waals surface area contributed by atoms with E-state index in [1.54, 1.807) is 11.3 Å². The minimum atomic E-state index is 0.229. The molecule has 2 unspecified atom stereocenters. The van der Waals surface area contributed by atoms with E-state index in [1.165, 1.54) is 10.4 Å². The van der Waals surface area contributed by atoms with E-state index in [0.29, 0.717) is 5.92 Å². The Balaban J connectivity index is 2.84. The molecular weight excluding hydrogens is 176 g/mol. The first-order valence-corrected chi connectivity index (χ1v) is 5.12. The summed E-state index contributed by atoms with van der Waals surface area (Å²) in [6.07, 6.45) is 0. The molecule has 0 aromatic carbocycles. The first-order chi connectivity index (χ1) is 5.13. The summed E-state index contributed by atoms with van der Waals surface area (Å²) in [5.74, 6) is 0.483. The van der Waals surface area contributed by atoms with Crippen LogP contribution in [0.4, 0.5) is 0 Å².